The van der Waals surface area contributed by atoms with E-state index in [1.807, 2.05) is 24.3 Å². The van der Waals surface area contributed by atoms with E-state index in [0.29, 0.717) is 12.0 Å². The first-order valence-corrected chi connectivity index (χ1v) is 7.28. The van der Waals surface area contributed by atoms with Crippen molar-refractivity contribution in [1.29, 1.82) is 10.5 Å². The first-order valence-electron chi connectivity index (χ1n) is 7.28. The summed E-state index contributed by atoms with van der Waals surface area (Å²) in [5, 5.41) is 37.4. The van der Waals surface area contributed by atoms with Crippen molar-refractivity contribution in [3.05, 3.63) is 52.6 Å². The number of phenols is 2. The predicted molar refractivity (Wildman–Crippen MR) is 88.2 cm³/mol. The molecule has 0 aliphatic heterocycles. The van der Waals surface area contributed by atoms with E-state index in [4.69, 9.17) is 10.5 Å². The van der Waals surface area contributed by atoms with Crippen molar-refractivity contribution in [3.63, 3.8) is 0 Å². The second kappa shape index (κ2) is 6.42. The summed E-state index contributed by atoms with van der Waals surface area (Å²) in [6.07, 6.45) is 6.92. The molecule has 2 rings (SSSR count). The van der Waals surface area contributed by atoms with Gasteiger partial charge < -0.3 is 10.2 Å². The maximum Gasteiger partial charge on any atom is 0.132 e. The van der Waals surface area contributed by atoms with Gasteiger partial charge >= 0.3 is 0 Å². The summed E-state index contributed by atoms with van der Waals surface area (Å²) in [6.45, 7) is 4.18. The van der Waals surface area contributed by atoms with E-state index in [2.05, 4.69) is 13.8 Å². The maximum atomic E-state index is 9.81. The summed E-state index contributed by atoms with van der Waals surface area (Å²) in [4.78, 5) is 0. The third kappa shape index (κ3) is 4.02. The monoisotopic (exact) mass is 306 g/mol. The third-order valence-corrected chi connectivity index (χ3v) is 3.74. The molecule has 0 amide bonds. The molecule has 0 saturated carbocycles. The molecule has 0 spiro atoms. The molecule has 1 aliphatic carbocycles. The van der Waals surface area contributed by atoms with Gasteiger partial charge in [-0.05, 0) is 47.6 Å². The van der Waals surface area contributed by atoms with Crippen LogP contribution in [0.25, 0.3) is 6.08 Å². The van der Waals surface area contributed by atoms with Gasteiger partial charge in [0.05, 0.1) is 0 Å². The van der Waals surface area contributed by atoms with Crippen molar-refractivity contribution < 1.29 is 10.2 Å². The molecule has 1 aliphatic rings. The standard InChI is InChI=1S/C19H18N2O2/c1-19(2)9-13(7-15(10-19)16(11-20)12-21)3-4-14-8-17(22)5-6-18(14)23/h3-8,22-23H,9-10H2,1-2H3/b4-3+. The van der Waals surface area contributed by atoms with Crippen LogP contribution in [-0.2, 0) is 0 Å². The largest absolute Gasteiger partial charge is 0.508 e. The lowest BCUT2D eigenvalue weighted by Gasteiger charge is -2.30. The molecule has 0 aromatic heterocycles. The minimum absolute atomic E-state index is 0.0520. The number of hydrogen-bond acceptors (Lipinski definition) is 4. The fraction of sp³-hybridized carbons (Fsp3) is 0.263. The number of hydrogen-bond donors (Lipinski definition) is 2. The maximum absolute atomic E-state index is 9.81. The van der Waals surface area contributed by atoms with Crippen molar-refractivity contribution in [3.8, 4) is 23.6 Å². The smallest absolute Gasteiger partial charge is 0.132 e. The van der Waals surface area contributed by atoms with Crippen molar-refractivity contribution in [1.82, 2.24) is 0 Å². The number of aromatic hydroxyl groups is 2. The van der Waals surface area contributed by atoms with E-state index >= 15 is 0 Å². The van der Waals surface area contributed by atoms with E-state index in [1.54, 1.807) is 6.08 Å². The fourth-order valence-electron chi connectivity index (χ4n) is 2.76. The van der Waals surface area contributed by atoms with Crippen LogP contribution in [0.3, 0.4) is 0 Å². The van der Waals surface area contributed by atoms with E-state index in [1.165, 1.54) is 18.2 Å². The Bertz CT molecular complexity index is 784. The lowest BCUT2D eigenvalue weighted by atomic mass is 9.74. The molecule has 1 aromatic carbocycles. The summed E-state index contributed by atoms with van der Waals surface area (Å²) in [6, 6.07) is 8.23. The van der Waals surface area contributed by atoms with Crippen molar-refractivity contribution in [2.45, 2.75) is 26.7 Å². The van der Waals surface area contributed by atoms with Crippen LogP contribution >= 0.6 is 0 Å². The minimum Gasteiger partial charge on any atom is -0.508 e. The first-order chi connectivity index (χ1) is 10.8. The van der Waals surface area contributed by atoms with E-state index in [0.717, 1.165) is 17.6 Å². The zero-order valence-electron chi connectivity index (χ0n) is 13.2. The van der Waals surface area contributed by atoms with Crippen molar-refractivity contribution >= 4 is 6.08 Å². The van der Waals surface area contributed by atoms with Gasteiger partial charge in [-0.1, -0.05) is 32.1 Å². The highest BCUT2D eigenvalue weighted by Crippen LogP contribution is 2.39. The van der Waals surface area contributed by atoms with Gasteiger partial charge in [-0.3, -0.25) is 0 Å². The molecule has 0 saturated heterocycles. The SMILES string of the molecule is CC1(C)CC(/C=C/c2cc(O)ccc2O)=CC(=C(C#N)C#N)C1. The van der Waals surface area contributed by atoms with E-state index < -0.39 is 0 Å². The highest BCUT2D eigenvalue weighted by molar-refractivity contribution is 5.62. The summed E-state index contributed by atoms with van der Waals surface area (Å²) < 4.78 is 0. The molecule has 4 nitrogen and oxygen atoms in total. The third-order valence-electron chi connectivity index (χ3n) is 3.74. The van der Waals surface area contributed by atoms with E-state index in [-0.39, 0.29) is 22.5 Å². The molecule has 0 bridgehead atoms. The molecule has 0 unspecified atom stereocenters. The second-order valence-electron chi connectivity index (χ2n) is 6.44. The molecule has 0 fully saturated rings. The van der Waals surface area contributed by atoms with E-state index in [9.17, 15) is 10.2 Å². The van der Waals surface area contributed by atoms with Crippen LogP contribution in [0, 0.1) is 28.1 Å². The highest BCUT2D eigenvalue weighted by atomic mass is 16.3. The molecular formula is C19H18N2O2. The molecular weight excluding hydrogens is 288 g/mol. The molecule has 1 aromatic rings. The Labute approximate surface area is 135 Å². The number of phenolic OH excluding ortho intramolecular Hbond substituents is 2. The molecule has 116 valence electrons. The van der Waals surface area contributed by atoms with Crippen LogP contribution in [0.4, 0.5) is 0 Å². The van der Waals surface area contributed by atoms with Gasteiger partial charge in [-0.25, -0.2) is 0 Å². The summed E-state index contributed by atoms with van der Waals surface area (Å²) >= 11 is 0. The van der Waals surface area contributed by atoms with Crippen LogP contribution in [0.5, 0.6) is 11.5 Å². The lowest BCUT2D eigenvalue weighted by molar-refractivity contribution is 0.354. The van der Waals surface area contributed by atoms with Crippen LogP contribution in [0.2, 0.25) is 0 Å². The van der Waals surface area contributed by atoms with Gasteiger partial charge in [0.1, 0.15) is 29.2 Å². The second-order valence-corrected chi connectivity index (χ2v) is 6.44. The minimum atomic E-state index is -0.0520. The predicted octanol–water partition coefficient (Wildman–Crippen LogP) is 4.20. The van der Waals surface area contributed by atoms with Gasteiger partial charge in [0.2, 0.25) is 0 Å². The zero-order valence-corrected chi connectivity index (χ0v) is 13.2. The molecule has 0 heterocycles. The molecule has 4 heteroatoms. The first kappa shape index (κ1) is 16.4. The Morgan fingerprint density at radius 2 is 1.83 bits per heavy atom. The average molecular weight is 306 g/mol. The Morgan fingerprint density at radius 1 is 1.13 bits per heavy atom. The van der Waals surface area contributed by atoms with Gasteiger partial charge in [0, 0.05) is 5.56 Å². The van der Waals surface area contributed by atoms with Crippen LogP contribution < -0.4 is 0 Å². The summed E-state index contributed by atoms with van der Waals surface area (Å²) in [5.41, 5.74) is 2.32. The lowest BCUT2D eigenvalue weighted by Crippen LogP contribution is -2.17. The average Bonchev–Trinajstić information content (AvgIpc) is 2.48. The van der Waals surface area contributed by atoms with Crippen LogP contribution in [-0.4, -0.2) is 10.2 Å². The van der Waals surface area contributed by atoms with Crippen molar-refractivity contribution in [2.75, 3.05) is 0 Å². The molecule has 0 radical (unpaired) electrons. The van der Waals surface area contributed by atoms with Crippen LogP contribution in [0.15, 0.2) is 47.1 Å². The van der Waals surface area contributed by atoms with Gasteiger partial charge in [-0.15, -0.1) is 0 Å². The van der Waals surface area contributed by atoms with Crippen molar-refractivity contribution in [2.24, 2.45) is 5.41 Å². The number of nitrogens with zero attached hydrogens (tertiary/aromatic N) is 2. The molecule has 23 heavy (non-hydrogen) atoms. The topological polar surface area (TPSA) is 88.0 Å². The molecule has 0 atom stereocenters. The zero-order chi connectivity index (χ0) is 17.0. The van der Waals surface area contributed by atoms with Gasteiger partial charge in [0.15, 0.2) is 0 Å². The number of allylic oxidation sites excluding steroid dienone is 5. The highest BCUT2D eigenvalue weighted by Gasteiger charge is 2.26. The fourth-order valence-corrected chi connectivity index (χ4v) is 2.76. The normalized spacial score (nSPS) is 16.5. The number of benzene rings is 1. The van der Waals surface area contributed by atoms with Gasteiger partial charge in [0.25, 0.3) is 0 Å². The quantitative estimate of drug-likeness (QED) is 0.633. The summed E-state index contributed by atoms with van der Waals surface area (Å²) in [7, 11) is 0. The summed E-state index contributed by atoms with van der Waals surface area (Å²) in [5.74, 6) is 0.164. The Kier molecular flexibility index (Phi) is 4.57. The Balaban J connectivity index is 2.40. The van der Waals surface area contributed by atoms with Gasteiger partial charge in [-0.2, -0.15) is 10.5 Å². The number of nitriles is 2. The van der Waals surface area contributed by atoms with Crippen LogP contribution in [0.1, 0.15) is 32.3 Å². The number of rotatable bonds is 2. The molecule has 2 N–H and O–H groups in total. The Morgan fingerprint density at radius 3 is 2.48 bits per heavy atom. The Hall–Kier alpha value is -2.98.